The van der Waals surface area contributed by atoms with E-state index in [1.807, 2.05) is 25.1 Å². The predicted molar refractivity (Wildman–Crippen MR) is 96.4 cm³/mol. The standard InChI is InChI=1S/C20H16N4O3/c1-13-4-5-15-11-24(17(25)16(15)9-13)12-20(18(26)22-19(27)23-20)7-6-14-3-2-8-21-10-14/h2-5,8-10H,11-12H2,1H3,(H2,22,23,26,27). The van der Waals surface area contributed by atoms with Gasteiger partial charge in [-0.1, -0.05) is 29.5 Å². The molecule has 3 heterocycles. The van der Waals surface area contributed by atoms with Gasteiger partial charge in [-0.3, -0.25) is 19.9 Å². The van der Waals surface area contributed by atoms with Crippen molar-refractivity contribution in [2.45, 2.75) is 19.0 Å². The molecule has 1 aromatic heterocycles. The van der Waals surface area contributed by atoms with Crippen molar-refractivity contribution in [1.82, 2.24) is 20.5 Å². The molecule has 1 saturated heterocycles. The number of fused-ring (bicyclic) bond motifs is 1. The molecular formula is C20H16N4O3. The molecule has 1 atom stereocenters. The van der Waals surface area contributed by atoms with Gasteiger partial charge < -0.3 is 10.2 Å². The lowest BCUT2D eigenvalue weighted by molar-refractivity contribution is -0.122. The Morgan fingerprint density at radius 3 is 2.81 bits per heavy atom. The van der Waals surface area contributed by atoms with E-state index in [2.05, 4.69) is 27.5 Å². The summed E-state index contributed by atoms with van der Waals surface area (Å²) in [6.45, 7) is 2.25. The molecule has 7 nitrogen and oxygen atoms in total. The second-order valence-electron chi connectivity index (χ2n) is 6.63. The second kappa shape index (κ2) is 6.25. The van der Waals surface area contributed by atoms with Crippen LogP contribution in [0.3, 0.4) is 0 Å². The SMILES string of the molecule is Cc1ccc2c(c1)C(=O)N(CC1(C#Cc3cccnc3)NC(=O)NC1=O)C2. The maximum absolute atomic E-state index is 12.8. The molecular weight excluding hydrogens is 344 g/mol. The average Bonchev–Trinajstić information content (AvgIpc) is 3.11. The number of hydrogen-bond donors (Lipinski definition) is 2. The van der Waals surface area contributed by atoms with Gasteiger partial charge in [-0.25, -0.2) is 4.79 Å². The Balaban J connectivity index is 1.66. The zero-order valence-electron chi connectivity index (χ0n) is 14.6. The predicted octanol–water partition coefficient (Wildman–Crippen LogP) is 0.976. The number of imide groups is 1. The number of aryl methyl sites for hydroxylation is 1. The third-order valence-corrected chi connectivity index (χ3v) is 4.60. The number of carbonyl (C=O) groups excluding carboxylic acids is 3. The van der Waals surface area contributed by atoms with Crippen LogP contribution in [-0.2, 0) is 11.3 Å². The van der Waals surface area contributed by atoms with Crippen LogP contribution in [0.15, 0.2) is 42.7 Å². The number of carbonyl (C=O) groups is 3. The topological polar surface area (TPSA) is 91.4 Å². The van der Waals surface area contributed by atoms with Gasteiger partial charge in [0.25, 0.3) is 11.8 Å². The van der Waals surface area contributed by atoms with Crippen LogP contribution in [0.25, 0.3) is 0 Å². The maximum Gasteiger partial charge on any atom is 0.323 e. The molecule has 0 radical (unpaired) electrons. The first kappa shape index (κ1) is 16.8. The molecule has 4 amide bonds. The normalized spacial score (nSPS) is 20.6. The van der Waals surface area contributed by atoms with E-state index in [4.69, 9.17) is 0 Å². The third-order valence-electron chi connectivity index (χ3n) is 4.60. The lowest BCUT2D eigenvalue weighted by Crippen LogP contribution is -2.54. The molecule has 1 unspecified atom stereocenters. The Morgan fingerprint density at radius 1 is 1.26 bits per heavy atom. The van der Waals surface area contributed by atoms with Gasteiger partial charge in [0.2, 0.25) is 5.54 Å². The molecule has 7 heteroatoms. The van der Waals surface area contributed by atoms with Crippen molar-refractivity contribution < 1.29 is 14.4 Å². The first-order valence-corrected chi connectivity index (χ1v) is 8.42. The zero-order chi connectivity index (χ0) is 19.0. The van der Waals surface area contributed by atoms with Gasteiger partial charge in [0, 0.05) is 30.1 Å². The van der Waals surface area contributed by atoms with Crippen molar-refractivity contribution in [1.29, 1.82) is 0 Å². The lowest BCUT2D eigenvalue weighted by Gasteiger charge is -2.26. The smallest absolute Gasteiger partial charge is 0.323 e. The monoisotopic (exact) mass is 360 g/mol. The number of rotatable bonds is 2. The van der Waals surface area contributed by atoms with Crippen molar-refractivity contribution in [3.8, 4) is 11.8 Å². The van der Waals surface area contributed by atoms with Crippen LogP contribution < -0.4 is 10.6 Å². The van der Waals surface area contributed by atoms with E-state index in [1.54, 1.807) is 24.5 Å². The van der Waals surface area contributed by atoms with E-state index in [1.165, 1.54) is 4.90 Å². The number of benzene rings is 1. The van der Waals surface area contributed by atoms with Gasteiger partial charge in [0.15, 0.2) is 0 Å². The molecule has 27 heavy (non-hydrogen) atoms. The van der Waals surface area contributed by atoms with Crippen molar-refractivity contribution in [2.75, 3.05) is 6.54 Å². The molecule has 0 spiro atoms. The van der Waals surface area contributed by atoms with Crippen LogP contribution in [0.5, 0.6) is 0 Å². The fourth-order valence-corrected chi connectivity index (χ4v) is 3.24. The number of amides is 4. The molecule has 2 aliphatic heterocycles. The van der Waals surface area contributed by atoms with Crippen LogP contribution in [-0.4, -0.2) is 39.8 Å². The Kier molecular flexibility index (Phi) is 3.89. The van der Waals surface area contributed by atoms with Crippen molar-refractivity contribution in [3.63, 3.8) is 0 Å². The summed E-state index contributed by atoms with van der Waals surface area (Å²) in [6, 6.07) is 8.54. The third kappa shape index (κ3) is 3.02. The Bertz CT molecular complexity index is 1020. The van der Waals surface area contributed by atoms with Gasteiger partial charge in [0.05, 0.1) is 6.54 Å². The highest BCUT2D eigenvalue weighted by Gasteiger charge is 2.48. The lowest BCUT2D eigenvalue weighted by atomic mass is 9.99. The summed E-state index contributed by atoms with van der Waals surface area (Å²) in [7, 11) is 0. The summed E-state index contributed by atoms with van der Waals surface area (Å²) in [5, 5.41) is 4.80. The van der Waals surface area contributed by atoms with Crippen LogP contribution in [0.2, 0.25) is 0 Å². The van der Waals surface area contributed by atoms with Gasteiger partial charge in [-0.2, -0.15) is 0 Å². The Labute approximate surface area is 155 Å². The number of urea groups is 1. The van der Waals surface area contributed by atoms with Gasteiger partial charge in [0.1, 0.15) is 0 Å². The fourth-order valence-electron chi connectivity index (χ4n) is 3.24. The van der Waals surface area contributed by atoms with Crippen LogP contribution in [0, 0.1) is 18.8 Å². The van der Waals surface area contributed by atoms with Gasteiger partial charge in [-0.15, -0.1) is 0 Å². The van der Waals surface area contributed by atoms with E-state index >= 15 is 0 Å². The molecule has 2 aliphatic rings. The molecule has 2 aromatic rings. The second-order valence-corrected chi connectivity index (χ2v) is 6.63. The average molecular weight is 360 g/mol. The quantitative estimate of drug-likeness (QED) is 0.617. The van der Waals surface area contributed by atoms with E-state index in [9.17, 15) is 14.4 Å². The fraction of sp³-hybridized carbons (Fsp3) is 0.200. The van der Waals surface area contributed by atoms with E-state index in [0.29, 0.717) is 17.7 Å². The number of pyridine rings is 1. The Hall–Kier alpha value is -3.66. The minimum atomic E-state index is -1.50. The Morgan fingerprint density at radius 2 is 2.11 bits per heavy atom. The molecule has 4 rings (SSSR count). The maximum atomic E-state index is 12.8. The summed E-state index contributed by atoms with van der Waals surface area (Å²) in [4.78, 5) is 42.6. The molecule has 1 aromatic carbocycles. The van der Waals surface area contributed by atoms with Gasteiger partial charge in [-0.05, 0) is 30.7 Å². The van der Waals surface area contributed by atoms with Crippen molar-refractivity contribution in [3.05, 3.63) is 65.0 Å². The van der Waals surface area contributed by atoms with Crippen molar-refractivity contribution >= 4 is 17.8 Å². The molecule has 2 N–H and O–H groups in total. The largest absolute Gasteiger partial charge is 0.330 e. The summed E-state index contributed by atoms with van der Waals surface area (Å²) >= 11 is 0. The summed E-state index contributed by atoms with van der Waals surface area (Å²) in [5.74, 6) is 4.98. The zero-order valence-corrected chi connectivity index (χ0v) is 14.6. The summed E-state index contributed by atoms with van der Waals surface area (Å²) in [6.07, 6.45) is 3.18. The number of aromatic nitrogens is 1. The van der Waals surface area contributed by atoms with Crippen LogP contribution in [0.1, 0.15) is 27.0 Å². The number of nitrogens with one attached hydrogen (secondary N) is 2. The van der Waals surface area contributed by atoms with E-state index < -0.39 is 17.5 Å². The number of nitrogens with zero attached hydrogens (tertiary/aromatic N) is 2. The summed E-state index contributed by atoms with van der Waals surface area (Å²) in [5.41, 5.74) is 1.61. The van der Waals surface area contributed by atoms with Crippen molar-refractivity contribution in [2.24, 2.45) is 0 Å². The van der Waals surface area contributed by atoms with E-state index in [-0.39, 0.29) is 12.5 Å². The minimum Gasteiger partial charge on any atom is -0.330 e. The first-order valence-electron chi connectivity index (χ1n) is 8.42. The molecule has 1 fully saturated rings. The highest BCUT2D eigenvalue weighted by atomic mass is 16.2. The van der Waals surface area contributed by atoms with Gasteiger partial charge >= 0.3 is 6.03 Å². The minimum absolute atomic E-state index is 0.0373. The molecule has 134 valence electrons. The van der Waals surface area contributed by atoms with E-state index in [0.717, 1.165) is 11.1 Å². The molecule has 0 bridgehead atoms. The highest BCUT2D eigenvalue weighted by molar-refractivity contribution is 6.10. The highest BCUT2D eigenvalue weighted by Crippen LogP contribution is 2.26. The first-order chi connectivity index (χ1) is 13.0. The number of hydrogen-bond acceptors (Lipinski definition) is 4. The van der Waals surface area contributed by atoms with Crippen LogP contribution >= 0.6 is 0 Å². The molecule has 0 aliphatic carbocycles. The summed E-state index contributed by atoms with van der Waals surface area (Å²) < 4.78 is 0. The van der Waals surface area contributed by atoms with Crippen LogP contribution in [0.4, 0.5) is 4.79 Å². The molecule has 0 saturated carbocycles.